The van der Waals surface area contributed by atoms with Gasteiger partial charge in [0.25, 0.3) is 0 Å². The average Bonchev–Trinajstić information content (AvgIpc) is 3.01. The molecule has 7 unspecified atom stereocenters. The van der Waals surface area contributed by atoms with Gasteiger partial charge in [-0.15, -0.1) is 0 Å². The Morgan fingerprint density at radius 3 is 2.78 bits per heavy atom. The molecule has 0 radical (unpaired) electrons. The minimum atomic E-state index is 0.0873. The van der Waals surface area contributed by atoms with Gasteiger partial charge in [-0.1, -0.05) is 38.5 Å². The molecule has 1 aromatic heterocycles. The summed E-state index contributed by atoms with van der Waals surface area (Å²) < 4.78 is 0. The molecule has 0 bridgehead atoms. The number of carbonyl (C=O) groups excluding carboxylic acids is 1. The van der Waals surface area contributed by atoms with Gasteiger partial charge < -0.3 is 0 Å². The van der Waals surface area contributed by atoms with E-state index in [0.29, 0.717) is 23.2 Å². The quantitative estimate of drug-likeness (QED) is 0.640. The highest BCUT2D eigenvalue weighted by atomic mass is 16.1. The summed E-state index contributed by atoms with van der Waals surface area (Å²) in [6.45, 7) is 7.33. The number of ketones is 1. The Morgan fingerprint density at radius 2 is 2.00 bits per heavy atom. The second-order valence-corrected chi connectivity index (χ2v) is 10.1. The van der Waals surface area contributed by atoms with Gasteiger partial charge in [-0.3, -0.25) is 9.78 Å². The Bertz CT molecular complexity index is 824. The minimum absolute atomic E-state index is 0.0873. The summed E-state index contributed by atoms with van der Waals surface area (Å²) in [4.78, 5) is 16.4. The predicted octanol–water partition coefficient (Wildman–Crippen LogP) is 5.72. The van der Waals surface area contributed by atoms with E-state index in [4.69, 9.17) is 0 Å². The van der Waals surface area contributed by atoms with Crippen LogP contribution in [0.4, 0.5) is 0 Å². The van der Waals surface area contributed by atoms with Crippen molar-refractivity contribution in [2.75, 3.05) is 0 Å². The fourth-order valence-electron chi connectivity index (χ4n) is 7.74. The van der Waals surface area contributed by atoms with E-state index in [1.165, 1.54) is 43.2 Å². The van der Waals surface area contributed by atoms with Crippen molar-refractivity contribution in [1.29, 1.82) is 0 Å². The Labute approximate surface area is 163 Å². The maximum atomic E-state index is 12.0. The zero-order valence-corrected chi connectivity index (χ0v) is 16.8. The van der Waals surface area contributed by atoms with Crippen molar-refractivity contribution in [1.82, 2.24) is 4.98 Å². The molecule has 1 aromatic rings. The largest absolute Gasteiger partial charge is 0.290 e. The van der Waals surface area contributed by atoms with Gasteiger partial charge in [0.15, 0.2) is 5.78 Å². The predicted molar refractivity (Wildman–Crippen MR) is 108 cm³/mol. The summed E-state index contributed by atoms with van der Waals surface area (Å²) in [6, 6.07) is 4.39. The fraction of sp³-hybridized carbons (Fsp3) is 0.600. The molecular weight excluding hydrogens is 330 g/mol. The Morgan fingerprint density at radius 1 is 1.15 bits per heavy atom. The molecule has 1 heterocycles. The van der Waals surface area contributed by atoms with Crippen LogP contribution in [0.15, 0.2) is 48.3 Å². The summed E-state index contributed by atoms with van der Waals surface area (Å²) in [5, 5.41) is 0. The topological polar surface area (TPSA) is 30.0 Å². The lowest BCUT2D eigenvalue weighted by Crippen LogP contribution is -2.51. The zero-order valence-electron chi connectivity index (χ0n) is 16.8. The summed E-state index contributed by atoms with van der Waals surface area (Å²) in [5.74, 6) is 3.63. The van der Waals surface area contributed by atoms with Gasteiger partial charge in [-0.25, -0.2) is 0 Å². The monoisotopic (exact) mass is 361 g/mol. The highest BCUT2D eigenvalue weighted by Crippen LogP contribution is 2.68. The number of carbonyl (C=O) groups is 1. The molecule has 4 aliphatic carbocycles. The van der Waals surface area contributed by atoms with Crippen LogP contribution in [0.5, 0.6) is 0 Å². The summed E-state index contributed by atoms with van der Waals surface area (Å²) in [6.07, 6.45) is 16.5. The number of rotatable bonds is 1. The van der Waals surface area contributed by atoms with Crippen molar-refractivity contribution in [3.05, 3.63) is 53.9 Å². The molecule has 0 saturated heterocycles. The molecule has 0 N–H and O–H groups in total. The number of nitrogens with zero attached hydrogens (tertiary/aromatic N) is 1. The van der Waals surface area contributed by atoms with Gasteiger partial charge in [0.1, 0.15) is 0 Å². The van der Waals surface area contributed by atoms with E-state index >= 15 is 0 Å². The molecule has 4 aliphatic rings. The van der Waals surface area contributed by atoms with Crippen LogP contribution in [-0.4, -0.2) is 10.8 Å². The number of hydrogen-bond donors (Lipinski definition) is 0. The first-order valence-corrected chi connectivity index (χ1v) is 10.8. The highest BCUT2D eigenvalue weighted by molar-refractivity contribution is 6.01. The molecule has 3 fully saturated rings. The molecule has 5 rings (SSSR count). The van der Waals surface area contributed by atoms with Gasteiger partial charge in [-0.2, -0.15) is 0 Å². The van der Waals surface area contributed by atoms with E-state index in [9.17, 15) is 4.79 Å². The van der Waals surface area contributed by atoms with E-state index in [1.807, 2.05) is 18.3 Å². The van der Waals surface area contributed by atoms with Crippen molar-refractivity contribution in [3.8, 4) is 0 Å². The van der Waals surface area contributed by atoms with Crippen LogP contribution in [0.2, 0.25) is 0 Å². The first-order chi connectivity index (χ1) is 12.9. The zero-order chi connectivity index (χ0) is 18.8. The number of pyridine rings is 1. The Hall–Kier alpha value is -1.70. The Balaban J connectivity index is 1.51. The lowest BCUT2D eigenvalue weighted by molar-refractivity contribution is -0.111. The maximum absolute atomic E-state index is 12.0. The van der Waals surface area contributed by atoms with Crippen LogP contribution < -0.4 is 0 Å². The number of allylic oxidation sites excluding steroid dienone is 4. The maximum Gasteiger partial charge on any atom is 0.178 e. The van der Waals surface area contributed by atoms with E-state index in [2.05, 4.69) is 50.2 Å². The number of hydrogen-bond acceptors (Lipinski definition) is 2. The molecule has 2 nitrogen and oxygen atoms in total. The van der Waals surface area contributed by atoms with Crippen LogP contribution in [0.25, 0.3) is 0 Å². The minimum Gasteiger partial charge on any atom is -0.290 e. The van der Waals surface area contributed by atoms with E-state index < -0.39 is 0 Å². The first kappa shape index (κ1) is 17.4. The van der Waals surface area contributed by atoms with Gasteiger partial charge in [0.05, 0.1) is 0 Å². The molecule has 0 aliphatic heterocycles. The van der Waals surface area contributed by atoms with Crippen molar-refractivity contribution in [2.24, 2.45) is 34.5 Å². The third-order valence-corrected chi connectivity index (χ3v) is 8.96. The highest BCUT2D eigenvalue weighted by Gasteiger charge is 2.59. The summed E-state index contributed by atoms with van der Waals surface area (Å²) >= 11 is 0. The molecule has 2 heteroatoms. The van der Waals surface area contributed by atoms with Crippen LogP contribution >= 0.6 is 0 Å². The fourth-order valence-corrected chi connectivity index (χ4v) is 7.74. The van der Waals surface area contributed by atoms with Gasteiger partial charge >= 0.3 is 0 Å². The lowest BCUT2D eigenvalue weighted by Gasteiger charge is -2.58. The van der Waals surface area contributed by atoms with Crippen LogP contribution in [0.3, 0.4) is 0 Å². The number of aromatic nitrogens is 1. The molecule has 0 amide bonds. The molecular formula is C25H31NO. The average molecular weight is 362 g/mol. The SMILES string of the molecule is CC1CC2C(CCC3(C)C(c4cccnc4)CCC23)C2(C)C=CC(=O)C=C12. The number of fused-ring (bicyclic) bond motifs is 5. The van der Waals surface area contributed by atoms with Crippen molar-refractivity contribution in [2.45, 2.75) is 58.8 Å². The molecule has 7 atom stereocenters. The van der Waals surface area contributed by atoms with Crippen LogP contribution in [0, 0.1) is 34.5 Å². The lowest BCUT2D eigenvalue weighted by atomic mass is 9.46. The standard InChI is InChI=1S/C25H31NO/c1-16-13-19-21-7-6-20(17-5-4-12-26-15-17)24(21,2)11-9-22(19)25(3)10-8-18(27)14-23(16)25/h4-5,8,10,12,14-16,19-22H,6-7,9,11,13H2,1-3H3. The Kier molecular flexibility index (Phi) is 3.80. The smallest absolute Gasteiger partial charge is 0.178 e. The van der Waals surface area contributed by atoms with E-state index in [-0.39, 0.29) is 11.2 Å². The van der Waals surface area contributed by atoms with E-state index in [0.717, 1.165) is 11.8 Å². The van der Waals surface area contributed by atoms with Gasteiger partial charge in [-0.05, 0) is 90.9 Å². The van der Waals surface area contributed by atoms with Gasteiger partial charge in [0, 0.05) is 17.8 Å². The van der Waals surface area contributed by atoms with Crippen molar-refractivity contribution in [3.63, 3.8) is 0 Å². The normalized spacial score (nSPS) is 45.7. The first-order valence-electron chi connectivity index (χ1n) is 10.8. The van der Waals surface area contributed by atoms with Gasteiger partial charge in [0.2, 0.25) is 0 Å². The second-order valence-electron chi connectivity index (χ2n) is 10.1. The van der Waals surface area contributed by atoms with E-state index in [1.54, 1.807) is 0 Å². The second kappa shape index (κ2) is 5.90. The van der Waals surface area contributed by atoms with Crippen molar-refractivity contribution < 1.29 is 4.79 Å². The molecule has 0 spiro atoms. The molecule has 3 saturated carbocycles. The van der Waals surface area contributed by atoms with Crippen molar-refractivity contribution >= 4 is 5.78 Å². The molecule has 142 valence electrons. The third-order valence-electron chi connectivity index (χ3n) is 8.96. The molecule has 27 heavy (non-hydrogen) atoms. The summed E-state index contributed by atoms with van der Waals surface area (Å²) in [7, 11) is 0. The third kappa shape index (κ3) is 2.38. The molecule has 0 aromatic carbocycles. The van der Waals surface area contributed by atoms with Crippen LogP contribution in [0.1, 0.15) is 64.4 Å². The van der Waals surface area contributed by atoms with Crippen LogP contribution in [-0.2, 0) is 4.79 Å². The summed E-state index contributed by atoms with van der Waals surface area (Å²) in [5.41, 5.74) is 3.33.